The predicted octanol–water partition coefficient (Wildman–Crippen LogP) is 2.71. The Kier molecular flexibility index (Phi) is 6.82. The topological polar surface area (TPSA) is 69.6 Å². The Labute approximate surface area is 121 Å². The molecular weight excluding hydrogens is 256 g/mol. The minimum Gasteiger partial charge on any atom is -0.481 e. The summed E-state index contributed by atoms with van der Waals surface area (Å²) in [5.41, 5.74) is 0. The number of carboxylic acids is 1. The standard InChI is InChI=1S/C15H28N2O3/c1-4-12(5-8-14(18)19)9-10-16-15(20)17(3)11(2)13-6-7-13/h11-13H,4-10H2,1-3H3,(H,16,20)(H,18,19). The molecule has 2 unspecified atom stereocenters. The van der Waals surface area contributed by atoms with E-state index in [0.717, 1.165) is 12.8 Å². The number of aliphatic carboxylic acids is 1. The number of hydrogen-bond donors (Lipinski definition) is 2. The van der Waals surface area contributed by atoms with Gasteiger partial charge in [-0.3, -0.25) is 4.79 Å². The van der Waals surface area contributed by atoms with E-state index in [1.165, 1.54) is 12.8 Å². The van der Waals surface area contributed by atoms with Gasteiger partial charge < -0.3 is 15.3 Å². The lowest BCUT2D eigenvalue weighted by atomic mass is 9.97. The number of carbonyl (C=O) groups excluding carboxylic acids is 1. The molecule has 20 heavy (non-hydrogen) atoms. The highest BCUT2D eigenvalue weighted by molar-refractivity contribution is 5.74. The first kappa shape index (κ1) is 16.8. The van der Waals surface area contributed by atoms with Crippen molar-refractivity contribution in [2.24, 2.45) is 11.8 Å². The van der Waals surface area contributed by atoms with Crippen LogP contribution in [-0.2, 0) is 4.79 Å². The molecule has 0 heterocycles. The van der Waals surface area contributed by atoms with Gasteiger partial charge in [0.15, 0.2) is 0 Å². The lowest BCUT2D eigenvalue weighted by Crippen LogP contribution is -2.43. The molecule has 2 N–H and O–H groups in total. The minimum atomic E-state index is -0.745. The lowest BCUT2D eigenvalue weighted by Gasteiger charge is -2.25. The zero-order chi connectivity index (χ0) is 15.1. The summed E-state index contributed by atoms with van der Waals surface area (Å²) in [6, 6.07) is 0.293. The molecule has 0 aromatic heterocycles. The van der Waals surface area contributed by atoms with Gasteiger partial charge in [-0.2, -0.15) is 0 Å². The van der Waals surface area contributed by atoms with E-state index in [1.807, 2.05) is 7.05 Å². The highest BCUT2D eigenvalue weighted by Gasteiger charge is 2.32. The quantitative estimate of drug-likeness (QED) is 0.684. The molecular formula is C15H28N2O3. The average molecular weight is 284 g/mol. The molecule has 0 spiro atoms. The van der Waals surface area contributed by atoms with Crippen LogP contribution in [0.25, 0.3) is 0 Å². The second-order valence-electron chi connectivity index (χ2n) is 5.92. The molecule has 1 rings (SSSR count). The van der Waals surface area contributed by atoms with Crippen LogP contribution in [0.2, 0.25) is 0 Å². The van der Waals surface area contributed by atoms with Crippen LogP contribution in [0.3, 0.4) is 0 Å². The summed E-state index contributed by atoms with van der Waals surface area (Å²) in [6.45, 7) is 4.78. The van der Waals surface area contributed by atoms with E-state index in [-0.39, 0.29) is 12.5 Å². The zero-order valence-electron chi connectivity index (χ0n) is 12.9. The van der Waals surface area contributed by atoms with Crippen molar-refractivity contribution in [1.29, 1.82) is 0 Å². The van der Waals surface area contributed by atoms with Gasteiger partial charge in [-0.05, 0) is 44.4 Å². The molecule has 1 aliphatic carbocycles. The number of carbonyl (C=O) groups is 2. The van der Waals surface area contributed by atoms with Crippen molar-refractivity contribution in [2.45, 2.75) is 58.4 Å². The molecule has 2 amide bonds. The lowest BCUT2D eigenvalue weighted by molar-refractivity contribution is -0.137. The number of nitrogens with one attached hydrogen (secondary N) is 1. The second kappa shape index (κ2) is 8.12. The molecule has 1 saturated carbocycles. The van der Waals surface area contributed by atoms with Gasteiger partial charge in [0.05, 0.1) is 0 Å². The molecule has 5 heteroatoms. The van der Waals surface area contributed by atoms with Gasteiger partial charge in [-0.15, -0.1) is 0 Å². The molecule has 0 aromatic rings. The molecule has 0 aromatic carbocycles. The number of carboxylic acid groups (broad SMARTS) is 1. The monoisotopic (exact) mass is 284 g/mol. The molecule has 1 aliphatic rings. The molecule has 0 saturated heterocycles. The number of amides is 2. The Hall–Kier alpha value is -1.26. The number of rotatable bonds is 9. The zero-order valence-corrected chi connectivity index (χ0v) is 12.9. The first-order valence-corrected chi connectivity index (χ1v) is 7.68. The Morgan fingerprint density at radius 1 is 1.35 bits per heavy atom. The summed E-state index contributed by atoms with van der Waals surface area (Å²) in [5.74, 6) is 0.299. The fourth-order valence-corrected chi connectivity index (χ4v) is 2.47. The fraction of sp³-hybridized carbons (Fsp3) is 0.867. The first-order valence-electron chi connectivity index (χ1n) is 7.68. The largest absolute Gasteiger partial charge is 0.481 e. The third-order valence-electron chi connectivity index (χ3n) is 4.41. The molecule has 116 valence electrons. The first-order chi connectivity index (χ1) is 9.45. The molecule has 0 radical (unpaired) electrons. The maximum absolute atomic E-state index is 12.0. The van der Waals surface area contributed by atoms with E-state index in [0.29, 0.717) is 30.8 Å². The predicted molar refractivity (Wildman–Crippen MR) is 78.6 cm³/mol. The normalized spacial score (nSPS) is 17.4. The van der Waals surface area contributed by atoms with Gasteiger partial charge in [0.1, 0.15) is 0 Å². The van der Waals surface area contributed by atoms with Gasteiger partial charge in [0.2, 0.25) is 0 Å². The van der Waals surface area contributed by atoms with Crippen LogP contribution < -0.4 is 5.32 Å². The summed E-state index contributed by atoms with van der Waals surface area (Å²) in [4.78, 5) is 24.3. The minimum absolute atomic E-state index is 0.0162. The van der Waals surface area contributed by atoms with Crippen molar-refractivity contribution >= 4 is 12.0 Å². The summed E-state index contributed by atoms with van der Waals surface area (Å²) >= 11 is 0. The Bertz CT molecular complexity index is 329. The fourth-order valence-electron chi connectivity index (χ4n) is 2.47. The van der Waals surface area contributed by atoms with E-state index >= 15 is 0 Å². The molecule has 5 nitrogen and oxygen atoms in total. The maximum Gasteiger partial charge on any atom is 0.317 e. The summed E-state index contributed by atoms with van der Waals surface area (Å²) < 4.78 is 0. The van der Waals surface area contributed by atoms with Crippen LogP contribution in [0.1, 0.15) is 52.4 Å². The highest BCUT2D eigenvalue weighted by atomic mass is 16.4. The van der Waals surface area contributed by atoms with Crippen LogP contribution in [0, 0.1) is 11.8 Å². The highest BCUT2D eigenvalue weighted by Crippen LogP contribution is 2.34. The van der Waals surface area contributed by atoms with Crippen LogP contribution in [0.15, 0.2) is 0 Å². The molecule has 0 aliphatic heterocycles. The van der Waals surface area contributed by atoms with E-state index in [2.05, 4.69) is 19.2 Å². The number of urea groups is 1. The Balaban J connectivity index is 2.20. The van der Waals surface area contributed by atoms with E-state index in [9.17, 15) is 9.59 Å². The average Bonchev–Trinajstić information content (AvgIpc) is 3.24. The van der Waals surface area contributed by atoms with Crippen molar-refractivity contribution in [2.75, 3.05) is 13.6 Å². The summed E-state index contributed by atoms with van der Waals surface area (Å²) in [5, 5.41) is 11.6. The Morgan fingerprint density at radius 2 is 2.00 bits per heavy atom. The Morgan fingerprint density at radius 3 is 2.50 bits per heavy atom. The van der Waals surface area contributed by atoms with E-state index < -0.39 is 5.97 Å². The van der Waals surface area contributed by atoms with Crippen LogP contribution in [0.4, 0.5) is 4.79 Å². The summed E-state index contributed by atoms with van der Waals surface area (Å²) in [7, 11) is 1.85. The van der Waals surface area contributed by atoms with Crippen LogP contribution in [0.5, 0.6) is 0 Å². The van der Waals surface area contributed by atoms with Gasteiger partial charge in [0, 0.05) is 26.1 Å². The third-order valence-corrected chi connectivity index (χ3v) is 4.41. The van der Waals surface area contributed by atoms with Crippen LogP contribution >= 0.6 is 0 Å². The van der Waals surface area contributed by atoms with Crippen molar-refractivity contribution in [3.05, 3.63) is 0 Å². The maximum atomic E-state index is 12.0. The van der Waals surface area contributed by atoms with Crippen molar-refractivity contribution in [3.8, 4) is 0 Å². The van der Waals surface area contributed by atoms with Gasteiger partial charge in [-0.25, -0.2) is 4.79 Å². The number of hydrogen-bond acceptors (Lipinski definition) is 2. The molecule has 0 bridgehead atoms. The third kappa shape index (κ3) is 5.80. The van der Waals surface area contributed by atoms with Crippen molar-refractivity contribution < 1.29 is 14.7 Å². The summed E-state index contributed by atoms with van der Waals surface area (Å²) in [6.07, 6.45) is 5.16. The SMILES string of the molecule is CCC(CCNC(=O)N(C)C(C)C1CC1)CCC(=O)O. The second-order valence-corrected chi connectivity index (χ2v) is 5.92. The van der Waals surface area contributed by atoms with Gasteiger partial charge in [0.25, 0.3) is 0 Å². The van der Waals surface area contributed by atoms with Gasteiger partial charge in [-0.1, -0.05) is 13.3 Å². The smallest absolute Gasteiger partial charge is 0.317 e. The molecule has 1 fully saturated rings. The van der Waals surface area contributed by atoms with E-state index in [1.54, 1.807) is 4.90 Å². The molecule has 2 atom stereocenters. The van der Waals surface area contributed by atoms with Crippen LogP contribution in [-0.4, -0.2) is 41.6 Å². The number of nitrogens with zero attached hydrogens (tertiary/aromatic N) is 1. The van der Waals surface area contributed by atoms with E-state index in [4.69, 9.17) is 5.11 Å². The van der Waals surface area contributed by atoms with Gasteiger partial charge >= 0.3 is 12.0 Å². The van der Waals surface area contributed by atoms with Crippen molar-refractivity contribution in [1.82, 2.24) is 10.2 Å². The van der Waals surface area contributed by atoms with Crippen molar-refractivity contribution in [3.63, 3.8) is 0 Å².